The third kappa shape index (κ3) is 1.48. The summed E-state index contributed by atoms with van der Waals surface area (Å²) in [6, 6.07) is 11.3. The Balaban J connectivity index is 2.24. The van der Waals surface area contributed by atoms with E-state index in [1.807, 2.05) is 0 Å². The average Bonchev–Trinajstić information content (AvgIpc) is 2.45. The number of benzene rings is 2. The highest BCUT2D eigenvalue weighted by molar-refractivity contribution is 5.94. The first-order valence-electron chi connectivity index (χ1n) is 6.10. The Morgan fingerprint density at radius 2 is 1.75 bits per heavy atom. The summed E-state index contributed by atoms with van der Waals surface area (Å²) in [6.07, 6.45) is 1.35. The maximum atomic E-state index is 11.8. The van der Waals surface area contributed by atoms with Crippen molar-refractivity contribution >= 4 is 21.9 Å². The lowest BCUT2D eigenvalue weighted by atomic mass is 10.1. The first-order chi connectivity index (χ1) is 9.72. The zero-order chi connectivity index (χ0) is 13.7. The Morgan fingerprint density at radius 3 is 2.65 bits per heavy atom. The lowest BCUT2D eigenvalue weighted by Crippen LogP contribution is -2.03. The van der Waals surface area contributed by atoms with Gasteiger partial charge in [0, 0.05) is 17.5 Å². The molecule has 2 heterocycles. The molecular formula is C16H8O4. The second-order valence-corrected chi connectivity index (χ2v) is 4.59. The number of hydrogen-bond donors (Lipinski definition) is 0. The zero-order valence-corrected chi connectivity index (χ0v) is 10.3. The monoisotopic (exact) mass is 264 g/mol. The predicted octanol–water partition coefficient (Wildman–Crippen LogP) is 3.00. The number of rotatable bonds is 0. The van der Waals surface area contributed by atoms with Gasteiger partial charge in [0.05, 0.1) is 17.2 Å². The van der Waals surface area contributed by atoms with Crippen molar-refractivity contribution in [1.29, 1.82) is 0 Å². The highest BCUT2D eigenvalue weighted by Crippen LogP contribution is 2.27. The van der Waals surface area contributed by atoms with Crippen LogP contribution in [0.3, 0.4) is 0 Å². The van der Waals surface area contributed by atoms with Gasteiger partial charge in [-0.3, -0.25) is 9.59 Å². The van der Waals surface area contributed by atoms with Crippen molar-refractivity contribution in [2.45, 2.75) is 0 Å². The van der Waals surface area contributed by atoms with Gasteiger partial charge in [0.15, 0.2) is 10.9 Å². The highest BCUT2D eigenvalue weighted by Gasteiger charge is 2.11. The van der Waals surface area contributed by atoms with Crippen LogP contribution in [0.4, 0.5) is 0 Å². The van der Waals surface area contributed by atoms with E-state index in [2.05, 4.69) is 0 Å². The molecule has 1 aromatic heterocycles. The lowest BCUT2D eigenvalue weighted by Gasteiger charge is -2.06. The zero-order valence-electron chi connectivity index (χ0n) is 10.3. The van der Waals surface area contributed by atoms with Crippen LogP contribution in [-0.4, -0.2) is 0 Å². The van der Waals surface area contributed by atoms with Gasteiger partial charge >= 0.3 is 0 Å². The fourth-order valence-electron chi connectivity index (χ4n) is 2.36. The Labute approximate surface area is 112 Å². The molecule has 0 bridgehead atoms. The van der Waals surface area contributed by atoms with Gasteiger partial charge in [0.25, 0.3) is 0 Å². The van der Waals surface area contributed by atoms with Crippen LogP contribution in [0.5, 0.6) is 0 Å². The molecule has 0 amide bonds. The second kappa shape index (κ2) is 3.81. The molecule has 0 N–H and O–H groups in total. The van der Waals surface area contributed by atoms with Crippen molar-refractivity contribution in [2.24, 2.45) is 0 Å². The summed E-state index contributed by atoms with van der Waals surface area (Å²) in [4.78, 5) is 23.6. The first-order valence-corrected chi connectivity index (χ1v) is 6.10. The number of hydrogen-bond acceptors (Lipinski definition) is 4. The molecule has 4 nitrogen and oxygen atoms in total. The van der Waals surface area contributed by atoms with E-state index in [4.69, 9.17) is 8.83 Å². The predicted molar refractivity (Wildman–Crippen MR) is 75.1 cm³/mol. The molecule has 0 atom stereocenters. The van der Waals surface area contributed by atoms with E-state index in [1.54, 1.807) is 30.3 Å². The van der Waals surface area contributed by atoms with Crippen LogP contribution in [-0.2, 0) is 0 Å². The van der Waals surface area contributed by atoms with E-state index in [9.17, 15) is 9.59 Å². The Morgan fingerprint density at radius 1 is 0.850 bits per heavy atom. The molecule has 1 aliphatic carbocycles. The average molecular weight is 264 g/mol. The molecule has 1 aliphatic heterocycles. The standard InChI is InChI=1S/C16H8O4/c17-12-2-1-3-14-10(12)6-9-7-11-13(18)4-5-19-16(11)8-15(9)20-14/h1-8H. The van der Waals surface area contributed by atoms with Gasteiger partial charge < -0.3 is 8.83 Å². The Hall–Kier alpha value is -2.88. The van der Waals surface area contributed by atoms with E-state index in [1.165, 1.54) is 18.4 Å². The van der Waals surface area contributed by atoms with E-state index in [0.717, 1.165) is 0 Å². The summed E-state index contributed by atoms with van der Waals surface area (Å²) >= 11 is 0. The Bertz CT molecular complexity index is 1040. The van der Waals surface area contributed by atoms with Crippen LogP contribution in [0.15, 0.2) is 67.2 Å². The van der Waals surface area contributed by atoms with Crippen LogP contribution in [0.25, 0.3) is 33.3 Å². The van der Waals surface area contributed by atoms with Crippen molar-refractivity contribution < 1.29 is 8.83 Å². The van der Waals surface area contributed by atoms with Crippen molar-refractivity contribution in [3.63, 3.8) is 0 Å². The topological polar surface area (TPSA) is 60.4 Å². The molecule has 4 rings (SSSR count). The molecule has 0 unspecified atom stereocenters. The summed E-state index contributed by atoms with van der Waals surface area (Å²) in [5, 5.41) is 1.17. The smallest absolute Gasteiger partial charge is 0.192 e. The fraction of sp³-hybridized carbons (Fsp3) is 0. The van der Waals surface area contributed by atoms with Crippen molar-refractivity contribution in [1.82, 2.24) is 0 Å². The molecular weight excluding hydrogens is 256 g/mol. The molecule has 20 heavy (non-hydrogen) atoms. The van der Waals surface area contributed by atoms with Gasteiger partial charge in [-0.15, -0.1) is 0 Å². The largest absolute Gasteiger partial charge is 0.464 e. The SMILES string of the molecule is O=c1cccc2oc3cc4occc(=O)c4cc3cc1-2. The normalized spacial score (nSPS) is 11.4. The minimum Gasteiger partial charge on any atom is -0.464 e. The van der Waals surface area contributed by atoms with Crippen molar-refractivity contribution in [2.75, 3.05) is 0 Å². The summed E-state index contributed by atoms with van der Waals surface area (Å²) in [5.41, 5.74) is 1.31. The third-order valence-corrected chi connectivity index (χ3v) is 3.34. The van der Waals surface area contributed by atoms with E-state index < -0.39 is 0 Å². The molecule has 1 aromatic carbocycles. The van der Waals surface area contributed by atoms with Crippen LogP contribution < -0.4 is 10.9 Å². The van der Waals surface area contributed by atoms with Gasteiger partial charge in [-0.1, -0.05) is 6.07 Å². The molecule has 2 aliphatic rings. The second-order valence-electron chi connectivity index (χ2n) is 4.59. The van der Waals surface area contributed by atoms with Crippen molar-refractivity contribution in [3.8, 4) is 11.3 Å². The van der Waals surface area contributed by atoms with Gasteiger partial charge in [-0.05, 0) is 24.3 Å². The first kappa shape index (κ1) is 11.0. The quantitative estimate of drug-likeness (QED) is 0.458. The molecule has 4 heteroatoms. The van der Waals surface area contributed by atoms with E-state index in [-0.39, 0.29) is 10.9 Å². The molecule has 0 radical (unpaired) electrons. The minimum absolute atomic E-state index is 0.103. The summed E-state index contributed by atoms with van der Waals surface area (Å²) < 4.78 is 11.0. The molecule has 0 saturated carbocycles. The van der Waals surface area contributed by atoms with Crippen LogP contribution >= 0.6 is 0 Å². The van der Waals surface area contributed by atoms with E-state index in [0.29, 0.717) is 33.3 Å². The summed E-state index contributed by atoms with van der Waals surface area (Å²) in [6.45, 7) is 0. The molecule has 0 saturated heterocycles. The lowest BCUT2D eigenvalue weighted by molar-refractivity contribution is 0.596. The van der Waals surface area contributed by atoms with E-state index >= 15 is 0 Å². The van der Waals surface area contributed by atoms with Gasteiger partial charge in [0.1, 0.15) is 16.9 Å². The maximum absolute atomic E-state index is 11.8. The van der Waals surface area contributed by atoms with Crippen LogP contribution in [0.2, 0.25) is 0 Å². The van der Waals surface area contributed by atoms with Crippen molar-refractivity contribution in [3.05, 3.63) is 69.2 Å². The molecule has 2 aromatic rings. The van der Waals surface area contributed by atoms with Gasteiger partial charge in [0.2, 0.25) is 0 Å². The molecule has 0 fully saturated rings. The molecule has 0 spiro atoms. The summed E-state index contributed by atoms with van der Waals surface area (Å²) in [7, 11) is 0. The maximum Gasteiger partial charge on any atom is 0.192 e. The van der Waals surface area contributed by atoms with Gasteiger partial charge in [-0.25, -0.2) is 0 Å². The third-order valence-electron chi connectivity index (χ3n) is 3.34. The van der Waals surface area contributed by atoms with Crippen LogP contribution in [0.1, 0.15) is 0 Å². The van der Waals surface area contributed by atoms with Crippen LogP contribution in [0, 0.1) is 0 Å². The molecule has 96 valence electrons. The number of fused-ring (bicyclic) bond motifs is 3. The minimum atomic E-state index is -0.122. The van der Waals surface area contributed by atoms with Gasteiger partial charge in [-0.2, -0.15) is 0 Å². The summed E-state index contributed by atoms with van der Waals surface area (Å²) in [5.74, 6) is 0.516. The fourth-order valence-corrected chi connectivity index (χ4v) is 2.36. The Kier molecular flexibility index (Phi) is 2.09. The highest BCUT2D eigenvalue weighted by atomic mass is 16.3.